The SMILES string of the molecule is NC(=O)c1cnn(CC(O)CC(=O)O)c1. The van der Waals surface area contributed by atoms with Crippen LogP contribution in [0.4, 0.5) is 0 Å². The summed E-state index contributed by atoms with van der Waals surface area (Å²) >= 11 is 0. The highest BCUT2D eigenvalue weighted by molar-refractivity contribution is 5.92. The number of nitrogens with zero attached hydrogens (tertiary/aromatic N) is 2. The summed E-state index contributed by atoms with van der Waals surface area (Å²) in [6.45, 7) is 0.0135. The average molecular weight is 213 g/mol. The van der Waals surface area contributed by atoms with Crippen molar-refractivity contribution in [3.63, 3.8) is 0 Å². The number of carbonyl (C=O) groups excluding carboxylic acids is 1. The summed E-state index contributed by atoms with van der Waals surface area (Å²) in [6, 6.07) is 0. The third kappa shape index (κ3) is 3.39. The number of aromatic nitrogens is 2. The van der Waals surface area contributed by atoms with Gasteiger partial charge in [-0.1, -0.05) is 0 Å². The second kappa shape index (κ2) is 4.56. The van der Waals surface area contributed by atoms with E-state index in [4.69, 9.17) is 10.8 Å². The highest BCUT2D eigenvalue weighted by Crippen LogP contribution is 2.00. The lowest BCUT2D eigenvalue weighted by atomic mass is 10.2. The molecule has 82 valence electrons. The van der Waals surface area contributed by atoms with E-state index in [0.717, 1.165) is 0 Å². The Morgan fingerprint density at radius 1 is 1.60 bits per heavy atom. The van der Waals surface area contributed by atoms with E-state index in [1.165, 1.54) is 17.1 Å². The van der Waals surface area contributed by atoms with Crippen molar-refractivity contribution < 1.29 is 19.8 Å². The van der Waals surface area contributed by atoms with Crippen LogP contribution in [-0.2, 0) is 11.3 Å². The predicted octanol–water partition coefficient (Wildman–Crippen LogP) is -1.18. The van der Waals surface area contributed by atoms with Crippen molar-refractivity contribution in [2.45, 2.75) is 19.1 Å². The maximum Gasteiger partial charge on any atom is 0.306 e. The van der Waals surface area contributed by atoms with Crippen LogP contribution in [0.2, 0.25) is 0 Å². The van der Waals surface area contributed by atoms with E-state index < -0.39 is 18.0 Å². The minimum absolute atomic E-state index is 0.0135. The third-order valence-electron chi connectivity index (χ3n) is 1.73. The fraction of sp³-hybridized carbons (Fsp3) is 0.375. The van der Waals surface area contributed by atoms with E-state index in [-0.39, 0.29) is 18.5 Å². The molecule has 0 aromatic carbocycles. The molecule has 1 aromatic rings. The first-order valence-electron chi connectivity index (χ1n) is 4.21. The second-order valence-electron chi connectivity index (χ2n) is 3.07. The fourth-order valence-corrected chi connectivity index (χ4v) is 1.07. The summed E-state index contributed by atoms with van der Waals surface area (Å²) in [5, 5.41) is 21.4. The number of primary amides is 1. The Kier molecular flexibility index (Phi) is 3.40. The van der Waals surface area contributed by atoms with E-state index in [1.807, 2.05) is 0 Å². The summed E-state index contributed by atoms with van der Waals surface area (Å²) in [5.41, 5.74) is 5.21. The van der Waals surface area contributed by atoms with Gasteiger partial charge in [0.25, 0.3) is 5.91 Å². The van der Waals surface area contributed by atoms with Crippen LogP contribution >= 0.6 is 0 Å². The molecule has 1 heterocycles. The van der Waals surface area contributed by atoms with E-state index in [0.29, 0.717) is 0 Å². The van der Waals surface area contributed by atoms with Gasteiger partial charge in [-0.3, -0.25) is 14.3 Å². The van der Waals surface area contributed by atoms with Gasteiger partial charge in [-0.15, -0.1) is 0 Å². The topological polar surface area (TPSA) is 118 Å². The lowest BCUT2D eigenvalue weighted by Crippen LogP contribution is -2.20. The molecule has 1 unspecified atom stereocenters. The first kappa shape index (κ1) is 11.2. The zero-order valence-electron chi connectivity index (χ0n) is 7.83. The number of carboxylic acids is 1. The molecule has 1 aromatic heterocycles. The summed E-state index contributed by atoms with van der Waals surface area (Å²) in [5.74, 6) is -1.71. The van der Waals surface area contributed by atoms with E-state index >= 15 is 0 Å². The number of carboxylic acid groups (broad SMARTS) is 1. The van der Waals surface area contributed by atoms with Crippen LogP contribution in [0, 0.1) is 0 Å². The molecule has 7 heteroatoms. The molecule has 0 aliphatic carbocycles. The standard InChI is InChI=1S/C8H11N3O4/c9-8(15)5-2-10-11(3-5)4-6(12)1-7(13)14/h2-3,6,12H,1,4H2,(H2,9,15)(H,13,14). The number of hydrogen-bond donors (Lipinski definition) is 3. The summed E-state index contributed by atoms with van der Waals surface area (Å²) < 4.78 is 1.27. The average Bonchev–Trinajstić information content (AvgIpc) is 2.50. The molecule has 7 nitrogen and oxygen atoms in total. The molecule has 0 bridgehead atoms. The smallest absolute Gasteiger partial charge is 0.306 e. The summed E-state index contributed by atoms with van der Waals surface area (Å²) in [7, 11) is 0. The molecule has 4 N–H and O–H groups in total. The van der Waals surface area contributed by atoms with Gasteiger partial charge in [0.1, 0.15) is 0 Å². The van der Waals surface area contributed by atoms with Gasteiger partial charge < -0.3 is 15.9 Å². The molecule has 0 saturated heterocycles. The number of nitrogens with two attached hydrogens (primary N) is 1. The van der Waals surface area contributed by atoms with E-state index in [1.54, 1.807) is 0 Å². The minimum Gasteiger partial charge on any atom is -0.481 e. The maximum absolute atomic E-state index is 10.7. The molecule has 1 rings (SSSR count). The molecule has 0 radical (unpaired) electrons. The number of aliphatic hydroxyl groups excluding tert-OH is 1. The summed E-state index contributed by atoms with van der Waals surface area (Å²) in [6.07, 6.45) is 1.21. The Hall–Kier alpha value is -1.89. The number of hydrogen-bond acceptors (Lipinski definition) is 4. The van der Waals surface area contributed by atoms with Crippen LogP contribution in [0.3, 0.4) is 0 Å². The van der Waals surface area contributed by atoms with Crippen molar-refractivity contribution in [3.8, 4) is 0 Å². The Labute approximate surface area is 85.1 Å². The normalized spacial score (nSPS) is 12.3. The minimum atomic E-state index is -1.09. The van der Waals surface area contributed by atoms with Crippen LogP contribution in [0.5, 0.6) is 0 Å². The first-order chi connectivity index (χ1) is 6.99. The molecule has 0 aliphatic rings. The van der Waals surface area contributed by atoms with Gasteiger partial charge in [0.2, 0.25) is 0 Å². The van der Waals surface area contributed by atoms with Crippen LogP contribution < -0.4 is 5.73 Å². The van der Waals surface area contributed by atoms with Gasteiger partial charge in [0.05, 0.1) is 30.8 Å². The van der Waals surface area contributed by atoms with Crippen molar-refractivity contribution >= 4 is 11.9 Å². The fourth-order valence-electron chi connectivity index (χ4n) is 1.07. The molecule has 0 saturated carbocycles. The Morgan fingerprint density at radius 3 is 2.73 bits per heavy atom. The van der Waals surface area contributed by atoms with Gasteiger partial charge in [-0.05, 0) is 0 Å². The molecule has 15 heavy (non-hydrogen) atoms. The van der Waals surface area contributed by atoms with Crippen LogP contribution in [0.25, 0.3) is 0 Å². The number of aliphatic carboxylic acids is 1. The molecule has 0 fully saturated rings. The van der Waals surface area contributed by atoms with E-state index in [2.05, 4.69) is 5.10 Å². The predicted molar refractivity (Wildman–Crippen MR) is 49.0 cm³/mol. The third-order valence-corrected chi connectivity index (χ3v) is 1.73. The van der Waals surface area contributed by atoms with Crippen molar-refractivity contribution in [3.05, 3.63) is 18.0 Å². The molecule has 1 amide bonds. The van der Waals surface area contributed by atoms with Crippen LogP contribution in [-0.4, -0.2) is 38.0 Å². The largest absolute Gasteiger partial charge is 0.481 e. The number of aliphatic hydroxyl groups is 1. The van der Waals surface area contributed by atoms with Crippen LogP contribution in [0.1, 0.15) is 16.8 Å². The summed E-state index contributed by atoms with van der Waals surface area (Å²) in [4.78, 5) is 20.9. The molecule has 0 aliphatic heterocycles. The zero-order chi connectivity index (χ0) is 11.4. The van der Waals surface area contributed by atoms with Gasteiger partial charge in [0, 0.05) is 6.20 Å². The number of carbonyl (C=O) groups is 2. The Morgan fingerprint density at radius 2 is 2.27 bits per heavy atom. The second-order valence-corrected chi connectivity index (χ2v) is 3.07. The van der Waals surface area contributed by atoms with Crippen molar-refractivity contribution in [1.82, 2.24) is 9.78 Å². The van der Waals surface area contributed by atoms with Gasteiger partial charge in [0.15, 0.2) is 0 Å². The Bertz CT molecular complexity index is 374. The van der Waals surface area contributed by atoms with Gasteiger partial charge in [-0.2, -0.15) is 5.10 Å². The van der Waals surface area contributed by atoms with E-state index in [9.17, 15) is 14.7 Å². The molecular weight excluding hydrogens is 202 g/mol. The zero-order valence-corrected chi connectivity index (χ0v) is 7.83. The van der Waals surface area contributed by atoms with Crippen molar-refractivity contribution in [2.75, 3.05) is 0 Å². The number of rotatable bonds is 5. The highest BCUT2D eigenvalue weighted by atomic mass is 16.4. The van der Waals surface area contributed by atoms with Crippen molar-refractivity contribution in [1.29, 1.82) is 0 Å². The first-order valence-corrected chi connectivity index (χ1v) is 4.21. The highest BCUT2D eigenvalue weighted by Gasteiger charge is 2.11. The van der Waals surface area contributed by atoms with Gasteiger partial charge in [-0.25, -0.2) is 0 Å². The Balaban J connectivity index is 2.57. The van der Waals surface area contributed by atoms with Gasteiger partial charge >= 0.3 is 5.97 Å². The molecule has 1 atom stereocenters. The lowest BCUT2D eigenvalue weighted by molar-refractivity contribution is -0.139. The van der Waals surface area contributed by atoms with Crippen LogP contribution in [0.15, 0.2) is 12.4 Å². The quantitative estimate of drug-likeness (QED) is 0.568. The lowest BCUT2D eigenvalue weighted by Gasteiger charge is -2.06. The van der Waals surface area contributed by atoms with Crippen molar-refractivity contribution in [2.24, 2.45) is 5.73 Å². The maximum atomic E-state index is 10.7. The molecule has 0 spiro atoms. The monoisotopic (exact) mass is 213 g/mol. The number of amides is 1. The molecular formula is C8H11N3O4.